The molecule has 0 radical (unpaired) electrons. The Labute approximate surface area is 176 Å². The van der Waals surface area contributed by atoms with Crippen molar-refractivity contribution in [1.82, 2.24) is 0 Å². The second kappa shape index (κ2) is 11.7. The molecule has 0 aliphatic rings. The normalized spacial score (nSPS) is 10.2. The Balaban J connectivity index is 0.00000108. The number of carbonyl (C=O) groups is 2. The summed E-state index contributed by atoms with van der Waals surface area (Å²) in [5.74, 6) is -0.568. The molecule has 0 amide bonds. The van der Waals surface area contributed by atoms with Crippen LogP contribution < -0.4 is 0 Å². The van der Waals surface area contributed by atoms with Crippen molar-refractivity contribution in [3.8, 4) is 0 Å². The summed E-state index contributed by atoms with van der Waals surface area (Å²) in [6.45, 7) is 10.3. The third-order valence-corrected chi connectivity index (χ3v) is 4.10. The van der Waals surface area contributed by atoms with E-state index in [1.54, 1.807) is 0 Å². The molecule has 0 aliphatic heterocycles. The molecule has 1 rings (SSSR count). The van der Waals surface area contributed by atoms with E-state index in [9.17, 15) is 9.59 Å². The molecule has 0 atom stereocenters. The molecular formula is C16H22I3O3V. The summed E-state index contributed by atoms with van der Waals surface area (Å²) < 4.78 is 4.53. The molecule has 0 bridgehead atoms. The van der Waals surface area contributed by atoms with E-state index < -0.39 is 5.97 Å². The number of halogens is 3. The maximum absolute atomic E-state index is 11.9. The van der Waals surface area contributed by atoms with Gasteiger partial charge in [0.2, 0.25) is 0 Å². The number of ether oxygens (including phenoxy) is 1. The number of carbonyl (C=O) groups excluding carboxylic acids is 2. The van der Waals surface area contributed by atoms with E-state index in [1.807, 2.05) is 13.8 Å². The van der Waals surface area contributed by atoms with Crippen molar-refractivity contribution in [2.24, 2.45) is 0 Å². The molecule has 23 heavy (non-hydrogen) atoms. The molecular weight excluding hydrogens is 672 g/mol. The summed E-state index contributed by atoms with van der Waals surface area (Å²) in [4.78, 5) is 22.7. The molecule has 3 nitrogen and oxygen atoms in total. The number of methoxy groups -OCH3 is 1. The average molecular weight is 694 g/mol. The fourth-order valence-electron chi connectivity index (χ4n) is 2.34. The van der Waals surface area contributed by atoms with E-state index in [0.717, 1.165) is 16.7 Å². The number of benzene rings is 1. The summed E-state index contributed by atoms with van der Waals surface area (Å²) in [5.41, 5.74) is 7.08. The van der Waals surface area contributed by atoms with Crippen molar-refractivity contribution in [3.63, 3.8) is 0 Å². The van der Waals surface area contributed by atoms with Crippen molar-refractivity contribution in [2.45, 2.75) is 47.5 Å². The van der Waals surface area contributed by atoms with E-state index >= 15 is 0 Å². The molecule has 7 heteroatoms. The van der Waals surface area contributed by atoms with Crippen molar-refractivity contribution >= 4 is 71.7 Å². The number of hydrogen-bond donors (Lipinski definition) is 0. The minimum absolute atomic E-state index is 0.0966. The zero-order valence-electron chi connectivity index (χ0n) is 14.2. The van der Waals surface area contributed by atoms with Gasteiger partial charge in [-0.2, -0.15) is 0 Å². The fourth-order valence-corrected chi connectivity index (χ4v) is 2.34. The SMILES string of the molecule is COC(=O)CC(=O)Cc1c(C)c(C)c(C)c(C)c1C.[I][V]([I])[I]. The van der Waals surface area contributed by atoms with E-state index in [2.05, 4.69) is 85.4 Å². The summed E-state index contributed by atoms with van der Waals surface area (Å²) in [7, 11) is 1.30. The third-order valence-electron chi connectivity index (χ3n) is 4.10. The first-order valence-corrected chi connectivity index (χ1v) is 20.5. The van der Waals surface area contributed by atoms with Crippen molar-refractivity contribution in [3.05, 3.63) is 33.4 Å². The van der Waals surface area contributed by atoms with E-state index in [-0.39, 0.29) is 17.1 Å². The minimum atomic E-state index is -0.471. The van der Waals surface area contributed by atoms with Crippen LogP contribution in [0.4, 0.5) is 0 Å². The predicted octanol–water partition coefficient (Wildman–Crippen LogP) is 5.56. The molecule has 0 aromatic heterocycles. The quantitative estimate of drug-likeness (QED) is 0.236. The molecule has 0 spiro atoms. The number of esters is 1. The first-order valence-electron chi connectivity index (χ1n) is 6.94. The number of rotatable bonds is 4. The molecule has 0 saturated carbocycles. The van der Waals surface area contributed by atoms with Gasteiger partial charge < -0.3 is 4.74 Å². The molecule has 0 heterocycles. The third kappa shape index (κ3) is 8.37. The first-order chi connectivity index (χ1) is 10.5. The number of ketones is 1. The Kier molecular flexibility index (Phi) is 12.3. The average Bonchev–Trinajstić information content (AvgIpc) is 2.46. The van der Waals surface area contributed by atoms with Gasteiger partial charge in [-0.15, -0.1) is 0 Å². The van der Waals surface area contributed by atoms with Crippen molar-refractivity contribution in [2.75, 3.05) is 7.11 Å². The van der Waals surface area contributed by atoms with Crippen LogP contribution in [-0.2, 0) is 25.7 Å². The summed E-state index contributed by atoms with van der Waals surface area (Å²) in [5, 5.41) is 0. The monoisotopic (exact) mass is 694 g/mol. The Morgan fingerprint density at radius 3 is 1.57 bits per heavy atom. The van der Waals surface area contributed by atoms with Gasteiger partial charge in [0.1, 0.15) is 12.2 Å². The summed E-state index contributed by atoms with van der Waals surface area (Å²) in [6, 6.07) is 0. The zero-order valence-corrected chi connectivity index (χ0v) is 22.1. The van der Waals surface area contributed by atoms with Gasteiger partial charge in [0.05, 0.1) is 7.11 Å². The van der Waals surface area contributed by atoms with Crippen LogP contribution in [0, 0.1) is 34.6 Å². The predicted molar refractivity (Wildman–Crippen MR) is 118 cm³/mol. The van der Waals surface area contributed by atoms with Gasteiger partial charge in [0.15, 0.2) is 0 Å². The van der Waals surface area contributed by atoms with E-state index in [1.165, 1.54) is 23.8 Å². The molecule has 0 aliphatic carbocycles. The maximum atomic E-state index is 11.9. The molecule has 1 aromatic rings. The van der Waals surface area contributed by atoms with Crippen LogP contribution in [0.3, 0.4) is 0 Å². The van der Waals surface area contributed by atoms with Crippen LogP contribution in [0.2, 0.25) is 0 Å². The zero-order chi connectivity index (χ0) is 18.3. The number of hydrogen-bond acceptors (Lipinski definition) is 3. The van der Waals surface area contributed by atoms with E-state index in [4.69, 9.17) is 0 Å². The molecule has 1 aromatic carbocycles. The Bertz CT molecular complexity index is 555. The van der Waals surface area contributed by atoms with Crippen molar-refractivity contribution in [1.29, 1.82) is 0 Å². The summed E-state index contributed by atoms with van der Waals surface area (Å²) in [6.07, 6.45) is 0.149. The van der Waals surface area contributed by atoms with Gasteiger partial charge in [0, 0.05) is 6.42 Å². The van der Waals surface area contributed by atoms with Crippen LogP contribution in [0.25, 0.3) is 0 Å². The van der Waals surface area contributed by atoms with Crippen LogP contribution in [0.5, 0.6) is 0 Å². The van der Waals surface area contributed by atoms with Gasteiger partial charge in [-0.1, -0.05) is 0 Å². The Morgan fingerprint density at radius 1 is 0.870 bits per heavy atom. The van der Waals surface area contributed by atoms with Crippen molar-refractivity contribution < 1.29 is 19.2 Å². The molecule has 0 N–H and O–H groups in total. The Morgan fingerprint density at radius 2 is 1.22 bits per heavy atom. The Hall–Kier alpha value is 1.13. The molecule has 0 unspecified atom stereocenters. The molecule has 130 valence electrons. The van der Waals surface area contributed by atoms with Gasteiger partial charge in [-0.05, 0) is 68.0 Å². The van der Waals surface area contributed by atoms with Gasteiger partial charge in [0.25, 0.3) is 0 Å². The molecule has 0 fully saturated rings. The first kappa shape index (κ1) is 24.1. The van der Waals surface area contributed by atoms with Gasteiger partial charge >= 0.3 is 70.8 Å². The van der Waals surface area contributed by atoms with Gasteiger partial charge in [-0.3, -0.25) is 9.59 Å². The second-order valence-corrected chi connectivity index (χ2v) is 40.6. The standard InChI is InChI=1S/C16H22O3.3HI.V/c1-9-10(2)12(4)15(13(5)11(9)3)7-14(17)8-16(18)19-6;;;;/h7-8H2,1-6H3;3*1H;/q;;;;+3/p-3. The van der Waals surface area contributed by atoms with Crippen LogP contribution in [0.15, 0.2) is 0 Å². The van der Waals surface area contributed by atoms with Crippen LogP contribution in [0.1, 0.15) is 39.8 Å². The second-order valence-electron chi connectivity index (χ2n) is 5.26. The molecule has 0 saturated heterocycles. The van der Waals surface area contributed by atoms with Crippen LogP contribution >= 0.6 is 59.9 Å². The fraction of sp³-hybridized carbons (Fsp3) is 0.500. The topological polar surface area (TPSA) is 43.4 Å². The summed E-state index contributed by atoms with van der Waals surface area (Å²) >= 11 is 7.39. The van der Waals surface area contributed by atoms with E-state index in [0.29, 0.717) is 6.42 Å². The number of Topliss-reactive ketones (excluding diaryl/α,β-unsaturated/α-hetero) is 1. The van der Waals surface area contributed by atoms with Crippen LogP contribution in [-0.4, -0.2) is 18.9 Å². The van der Waals surface area contributed by atoms with Gasteiger partial charge in [-0.25, -0.2) is 0 Å².